The first-order chi connectivity index (χ1) is 13.0. The molecule has 2 N–H and O–H groups in total. The third-order valence-corrected chi connectivity index (χ3v) is 4.70. The number of hydrogen-bond acceptors (Lipinski definition) is 7. The first-order valence-electron chi connectivity index (χ1n) is 8.52. The van der Waals surface area contributed by atoms with Crippen molar-refractivity contribution >= 4 is 22.4 Å². The maximum Gasteiger partial charge on any atom is 0.281 e. The molecule has 0 radical (unpaired) electrons. The summed E-state index contributed by atoms with van der Waals surface area (Å²) in [6, 6.07) is 8.10. The van der Waals surface area contributed by atoms with Gasteiger partial charge in [-0.1, -0.05) is 36.8 Å². The van der Waals surface area contributed by atoms with Gasteiger partial charge in [-0.15, -0.1) is 10.2 Å². The zero-order valence-corrected chi connectivity index (χ0v) is 15.8. The number of nitrogens with one attached hydrogen (secondary N) is 1. The number of nitrogens with zero attached hydrogens (tertiary/aromatic N) is 4. The molecule has 3 aromatic rings. The van der Waals surface area contributed by atoms with Gasteiger partial charge in [0.25, 0.3) is 11.5 Å². The van der Waals surface area contributed by atoms with Gasteiger partial charge in [-0.2, -0.15) is 9.78 Å². The van der Waals surface area contributed by atoms with Gasteiger partial charge >= 0.3 is 0 Å². The molecular weight excluding hydrogens is 366 g/mol. The summed E-state index contributed by atoms with van der Waals surface area (Å²) >= 11 is 1.28. The molecule has 0 unspecified atom stereocenters. The zero-order valence-electron chi connectivity index (χ0n) is 15.0. The second kappa shape index (κ2) is 8.09. The molecule has 2 aromatic heterocycles. The highest BCUT2D eigenvalue weighted by atomic mass is 32.1. The second-order valence-corrected chi connectivity index (χ2v) is 7.09. The fourth-order valence-electron chi connectivity index (χ4n) is 2.44. The fraction of sp³-hybridized carbons (Fsp3) is 0.278. The van der Waals surface area contributed by atoms with E-state index in [1.165, 1.54) is 11.3 Å². The molecule has 0 saturated carbocycles. The molecule has 1 aromatic carbocycles. The summed E-state index contributed by atoms with van der Waals surface area (Å²) in [5.74, 6) is -1.15. The van der Waals surface area contributed by atoms with E-state index in [-0.39, 0.29) is 5.69 Å². The Morgan fingerprint density at radius 1 is 1.30 bits per heavy atom. The summed E-state index contributed by atoms with van der Waals surface area (Å²) in [5.41, 5.74) is 0.648. The highest BCUT2D eigenvalue weighted by molar-refractivity contribution is 7.15. The Balaban J connectivity index is 1.87. The van der Waals surface area contributed by atoms with Crippen molar-refractivity contribution in [2.45, 2.75) is 33.1 Å². The van der Waals surface area contributed by atoms with Crippen molar-refractivity contribution < 1.29 is 9.90 Å². The molecule has 0 aliphatic rings. The number of carbonyl (C=O) groups is 1. The van der Waals surface area contributed by atoms with Gasteiger partial charge in [0.05, 0.1) is 5.69 Å². The lowest BCUT2D eigenvalue weighted by atomic mass is 10.2. The number of benzene rings is 1. The van der Waals surface area contributed by atoms with E-state index in [1.54, 1.807) is 18.2 Å². The Morgan fingerprint density at radius 3 is 2.85 bits per heavy atom. The number of hydrogen-bond donors (Lipinski definition) is 2. The smallest absolute Gasteiger partial charge is 0.281 e. The van der Waals surface area contributed by atoms with E-state index >= 15 is 0 Å². The van der Waals surface area contributed by atoms with E-state index < -0.39 is 17.2 Å². The Bertz CT molecular complexity index is 1030. The van der Waals surface area contributed by atoms with E-state index in [4.69, 9.17) is 0 Å². The molecular formula is C18H19N5O3S. The molecule has 0 aliphatic carbocycles. The SMILES string of the molecule is CCCCc1nnc(NC(=O)c2nn(-c3cccc(C)c3)c(=O)cc2O)s1. The fourth-order valence-corrected chi connectivity index (χ4v) is 3.22. The average Bonchev–Trinajstić information content (AvgIpc) is 3.07. The van der Waals surface area contributed by atoms with Crippen molar-refractivity contribution in [1.29, 1.82) is 0 Å². The first kappa shape index (κ1) is 18.7. The number of anilines is 1. The van der Waals surface area contributed by atoms with Crippen LogP contribution in [0, 0.1) is 6.92 Å². The lowest BCUT2D eigenvalue weighted by Crippen LogP contribution is -2.25. The van der Waals surface area contributed by atoms with Gasteiger partial charge in [0, 0.05) is 12.5 Å². The van der Waals surface area contributed by atoms with E-state index in [0.717, 1.165) is 40.6 Å². The molecule has 8 nitrogen and oxygen atoms in total. The summed E-state index contributed by atoms with van der Waals surface area (Å²) in [7, 11) is 0. The van der Waals surface area contributed by atoms with Crippen LogP contribution in [0.2, 0.25) is 0 Å². The summed E-state index contributed by atoms with van der Waals surface area (Å²) in [4.78, 5) is 24.7. The molecule has 0 spiro atoms. The van der Waals surface area contributed by atoms with Gasteiger partial charge < -0.3 is 5.11 Å². The van der Waals surface area contributed by atoms with Crippen molar-refractivity contribution in [1.82, 2.24) is 20.0 Å². The maximum atomic E-state index is 12.5. The lowest BCUT2D eigenvalue weighted by Gasteiger charge is -2.08. The number of unbranched alkanes of at least 4 members (excludes halogenated alkanes) is 1. The number of aromatic hydroxyl groups is 1. The van der Waals surface area contributed by atoms with Crippen LogP contribution >= 0.6 is 11.3 Å². The quantitative estimate of drug-likeness (QED) is 0.675. The Kier molecular flexibility index (Phi) is 5.60. The van der Waals surface area contributed by atoms with Crippen LogP contribution in [0.4, 0.5) is 5.13 Å². The van der Waals surface area contributed by atoms with Crippen molar-refractivity contribution in [2.24, 2.45) is 0 Å². The summed E-state index contributed by atoms with van der Waals surface area (Å²) in [6.07, 6.45) is 2.83. The predicted molar refractivity (Wildman–Crippen MR) is 103 cm³/mol. The van der Waals surface area contributed by atoms with Gasteiger partial charge in [-0.05, 0) is 31.0 Å². The van der Waals surface area contributed by atoms with Gasteiger partial charge in [-0.3, -0.25) is 14.9 Å². The van der Waals surface area contributed by atoms with Crippen molar-refractivity contribution in [3.8, 4) is 11.4 Å². The summed E-state index contributed by atoms with van der Waals surface area (Å²) in [6.45, 7) is 3.97. The molecule has 0 atom stereocenters. The monoisotopic (exact) mass is 385 g/mol. The molecule has 0 bridgehead atoms. The Labute approximate surface area is 159 Å². The molecule has 0 aliphatic heterocycles. The number of aryl methyl sites for hydroxylation is 2. The summed E-state index contributed by atoms with van der Waals surface area (Å²) in [5, 5.41) is 25.7. The predicted octanol–water partition coefficient (Wildman–Crippen LogP) is 2.69. The van der Waals surface area contributed by atoms with Crippen molar-refractivity contribution in [3.05, 3.63) is 57.0 Å². The van der Waals surface area contributed by atoms with Gasteiger partial charge in [0.2, 0.25) is 5.13 Å². The van der Waals surface area contributed by atoms with Crippen LogP contribution in [0.15, 0.2) is 35.1 Å². The van der Waals surface area contributed by atoms with Crippen LogP contribution in [0.5, 0.6) is 5.75 Å². The molecule has 140 valence electrons. The standard InChI is InChI=1S/C18H19N5O3S/c1-3-4-8-14-20-21-18(27-14)19-17(26)16-13(24)10-15(25)23(22-16)12-7-5-6-11(2)9-12/h5-7,9-10,24H,3-4,8H2,1-2H3,(H,19,21,26). The molecule has 27 heavy (non-hydrogen) atoms. The maximum absolute atomic E-state index is 12.5. The van der Waals surface area contributed by atoms with Gasteiger partial charge in [-0.25, -0.2) is 0 Å². The van der Waals surface area contributed by atoms with E-state index in [9.17, 15) is 14.7 Å². The lowest BCUT2D eigenvalue weighted by molar-refractivity contribution is 0.101. The zero-order chi connectivity index (χ0) is 19.4. The topological polar surface area (TPSA) is 110 Å². The highest BCUT2D eigenvalue weighted by Gasteiger charge is 2.18. The van der Waals surface area contributed by atoms with Crippen LogP contribution in [-0.4, -0.2) is 31.0 Å². The largest absolute Gasteiger partial charge is 0.505 e. The van der Waals surface area contributed by atoms with Crippen LogP contribution in [0.3, 0.4) is 0 Å². The minimum Gasteiger partial charge on any atom is -0.505 e. The van der Waals surface area contributed by atoms with Crippen LogP contribution < -0.4 is 10.9 Å². The van der Waals surface area contributed by atoms with Crippen LogP contribution in [0.1, 0.15) is 40.8 Å². The van der Waals surface area contributed by atoms with Crippen LogP contribution in [0.25, 0.3) is 5.69 Å². The molecule has 9 heteroatoms. The Hall–Kier alpha value is -3.07. The number of carbonyl (C=O) groups excluding carboxylic acids is 1. The van der Waals surface area contributed by atoms with Gasteiger partial charge in [0.1, 0.15) is 5.01 Å². The van der Waals surface area contributed by atoms with E-state index in [0.29, 0.717) is 10.8 Å². The third-order valence-electron chi connectivity index (χ3n) is 3.80. The number of rotatable bonds is 6. The normalized spacial score (nSPS) is 10.7. The molecule has 3 rings (SSSR count). The van der Waals surface area contributed by atoms with E-state index in [2.05, 4.69) is 27.5 Å². The number of amides is 1. The summed E-state index contributed by atoms with van der Waals surface area (Å²) < 4.78 is 1.08. The first-order valence-corrected chi connectivity index (χ1v) is 9.33. The molecule has 0 fully saturated rings. The number of aromatic nitrogens is 4. The third kappa shape index (κ3) is 4.37. The molecule has 1 amide bonds. The van der Waals surface area contributed by atoms with Crippen molar-refractivity contribution in [3.63, 3.8) is 0 Å². The Morgan fingerprint density at radius 2 is 2.11 bits per heavy atom. The second-order valence-electron chi connectivity index (χ2n) is 6.03. The minimum atomic E-state index is -0.660. The van der Waals surface area contributed by atoms with Gasteiger partial charge in [0.15, 0.2) is 11.4 Å². The van der Waals surface area contributed by atoms with Crippen molar-refractivity contribution in [2.75, 3.05) is 5.32 Å². The molecule has 2 heterocycles. The van der Waals surface area contributed by atoms with E-state index in [1.807, 2.05) is 13.0 Å². The molecule has 0 saturated heterocycles. The minimum absolute atomic E-state index is 0.263. The average molecular weight is 385 g/mol. The highest BCUT2D eigenvalue weighted by Crippen LogP contribution is 2.20. The van der Waals surface area contributed by atoms with Crippen LogP contribution in [-0.2, 0) is 6.42 Å².